The fourth-order valence-electron chi connectivity index (χ4n) is 1.95. The predicted molar refractivity (Wildman–Crippen MR) is 54.9 cm³/mol. The average molecular weight is 206 g/mol. The topological polar surface area (TPSA) is 72.1 Å². The van der Waals surface area contributed by atoms with E-state index in [1.807, 2.05) is 0 Å². The van der Waals surface area contributed by atoms with E-state index in [0.717, 1.165) is 19.3 Å². The summed E-state index contributed by atoms with van der Waals surface area (Å²) in [6, 6.07) is 1.34. The number of rotatable bonds is 1. The number of aromatic nitrogens is 2. The van der Waals surface area contributed by atoms with Crippen molar-refractivity contribution in [3.63, 3.8) is 0 Å². The third kappa shape index (κ3) is 2.06. The van der Waals surface area contributed by atoms with Crippen LogP contribution >= 0.6 is 0 Å². The highest BCUT2D eigenvalue weighted by Crippen LogP contribution is 2.27. The molecule has 5 nitrogen and oxygen atoms in total. The third-order valence-electron chi connectivity index (χ3n) is 2.67. The smallest absolute Gasteiger partial charge is 0.315 e. The molecule has 1 aromatic heterocycles. The van der Waals surface area contributed by atoms with Gasteiger partial charge < -0.3 is 10.6 Å². The fourth-order valence-corrected chi connectivity index (χ4v) is 1.95. The van der Waals surface area contributed by atoms with E-state index < -0.39 is 0 Å². The lowest BCUT2D eigenvalue weighted by molar-refractivity contribution is 0.155. The van der Waals surface area contributed by atoms with Gasteiger partial charge in [-0.1, -0.05) is 0 Å². The van der Waals surface area contributed by atoms with Crippen molar-refractivity contribution in [2.24, 2.45) is 5.73 Å². The van der Waals surface area contributed by atoms with E-state index in [1.54, 1.807) is 23.4 Å². The summed E-state index contributed by atoms with van der Waals surface area (Å²) in [5.41, 5.74) is 5.33. The highest BCUT2D eigenvalue weighted by Gasteiger charge is 2.28. The zero-order valence-corrected chi connectivity index (χ0v) is 8.47. The molecule has 0 aromatic carbocycles. The Balaban J connectivity index is 2.22. The SMILES string of the molecule is NC(=O)N1CCCCC1c1ncccn1. The van der Waals surface area contributed by atoms with Crippen LogP contribution in [0.3, 0.4) is 0 Å². The van der Waals surface area contributed by atoms with Crippen LogP contribution in [0.1, 0.15) is 31.1 Å². The molecule has 1 atom stereocenters. The van der Waals surface area contributed by atoms with Gasteiger partial charge in [-0.25, -0.2) is 14.8 Å². The van der Waals surface area contributed by atoms with Gasteiger partial charge in [-0.05, 0) is 25.3 Å². The van der Waals surface area contributed by atoms with Gasteiger partial charge in [0.15, 0.2) is 5.82 Å². The molecule has 1 saturated heterocycles. The Morgan fingerprint density at radius 3 is 2.80 bits per heavy atom. The summed E-state index contributed by atoms with van der Waals surface area (Å²) in [5, 5.41) is 0. The lowest BCUT2D eigenvalue weighted by Gasteiger charge is -2.33. The van der Waals surface area contributed by atoms with Crippen molar-refractivity contribution in [3.8, 4) is 0 Å². The van der Waals surface area contributed by atoms with Gasteiger partial charge in [-0.2, -0.15) is 0 Å². The van der Waals surface area contributed by atoms with Crippen LogP contribution in [-0.4, -0.2) is 27.4 Å². The second-order valence-corrected chi connectivity index (χ2v) is 3.65. The van der Waals surface area contributed by atoms with E-state index in [9.17, 15) is 4.79 Å². The zero-order valence-electron chi connectivity index (χ0n) is 8.47. The van der Waals surface area contributed by atoms with E-state index >= 15 is 0 Å². The first-order valence-corrected chi connectivity index (χ1v) is 5.12. The molecule has 15 heavy (non-hydrogen) atoms. The lowest BCUT2D eigenvalue weighted by Crippen LogP contribution is -2.42. The number of hydrogen-bond donors (Lipinski definition) is 1. The summed E-state index contributed by atoms with van der Waals surface area (Å²) < 4.78 is 0. The molecule has 1 aromatic rings. The van der Waals surface area contributed by atoms with Crippen molar-refractivity contribution in [1.82, 2.24) is 14.9 Å². The molecule has 1 aliphatic heterocycles. The van der Waals surface area contributed by atoms with Crippen LogP contribution in [0.25, 0.3) is 0 Å². The molecule has 1 aliphatic rings. The molecule has 0 spiro atoms. The minimum atomic E-state index is -0.382. The van der Waals surface area contributed by atoms with Gasteiger partial charge in [-0.15, -0.1) is 0 Å². The van der Waals surface area contributed by atoms with Gasteiger partial charge in [0.2, 0.25) is 0 Å². The number of piperidine rings is 1. The maximum absolute atomic E-state index is 11.2. The van der Waals surface area contributed by atoms with Crippen molar-refractivity contribution >= 4 is 6.03 Å². The summed E-state index contributed by atoms with van der Waals surface area (Å²) in [4.78, 5) is 21.2. The number of amides is 2. The van der Waals surface area contributed by atoms with Crippen molar-refractivity contribution in [2.45, 2.75) is 25.3 Å². The Morgan fingerprint density at radius 2 is 2.13 bits per heavy atom. The molecule has 0 saturated carbocycles. The number of urea groups is 1. The first-order chi connectivity index (χ1) is 7.29. The van der Waals surface area contributed by atoms with Crippen LogP contribution in [-0.2, 0) is 0 Å². The summed E-state index contributed by atoms with van der Waals surface area (Å²) in [6.45, 7) is 0.707. The first kappa shape index (κ1) is 9.89. The number of carbonyl (C=O) groups excluding carboxylic acids is 1. The van der Waals surface area contributed by atoms with E-state index in [0.29, 0.717) is 12.4 Å². The van der Waals surface area contributed by atoms with Crippen molar-refractivity contribution in [1.29, 1.82) is 0 Å². The molecule has 0 aliphatic carbocycles. The Hall–Kier alpha value is -1.65. The summed E-state index contributed by atoms with van der Waals surface area (Å²) in [7, 11) is 0. The van der Waals surface area contributed by atoms with Crippen LogP contribution in [0, 0.1) is 0 Å². The minimum Gasteiger partial charge on any atom is -0.351 e. The summed E-state index contributed by atoms with van der Waals surface area (Å²) in [6.07, 6.45) is 6.37. The Labute approximate surface area is 88.3 Å². The molecule has 1 fully saturated rings. The van der Waals surface area contributed by atoms with Gasteiger partial charge in [0, 0.05) is 18.9 Å². The van der Waals surface area contributed by atoms with Crippen LogP contribution in [0.4, 0.5) is 4.79 Å². The van der Waals surface area contributed by atoms with E-state index in [1.165, 1.54) is 0 Å². The van der Waals surface area contributed by atoms with Crippen molar-refractivity contribution < 1.29 is 4.79 Å². The number of likely N-dealkylation sites (tertiary alicyclic amines) is 1. The molecule has 0 bridgehead atoms. The molecule has 80 valence electrons. The number of nitrogens with two attached hydrogens (primary N) is 1. The molecule has 2 rings (SSSR count). The molecular weight excluding hydrogens is 192 g/mol. The van der Waals surface area contributed by atoms with Gasteiger partial charge >= 0.3 is 6.03 Å². The Morgan fingerprint density at radius 1 is 1.40 bits per heavy atom. The van der Waals surface area contributed by atoms with E-state index in [2.05, 4.69) is 9.97 Å². The van der Waals surface area contributed by atoms with Crippen LogP contribution in [0.2, 0.25) is 0 Å². The van der Waals surface area contributed by atoms with Crippen molar-refractivity contribution in [3.05, 3.63) is 24.3 Å². The molecule has 2 amide bonds. The Bertz CT molecular complexity index is 341. The summed E-state index contributed by atoms with van der Waals surface area (Å²) in [5.74, 6) is 0.691. The summed E-state index contributed by atoms with van der Waals surface area (Å²) >= 11 is 0. The first-order valence-electron chi connectivity index (χ1n) is 5.12. The van der Waals surface area contributed by atoms with Crippen LogP contribution in [0.15, 0.2) is 18.5 Å². The quantitative estimate of drug-likeness (QED) is 0.747. The molecule has 1 unspecified atom stereocenters. The molecule has 2 N–H and O–H groups in total. The van der Waals surface area contributed by atoms with Gasteiger partial charge in [0.1, 0.15) is 0 Å². The van der Waals surface area contributed by atoms with Crippen LogP contribution in [0.5, 0.6) is 0 Å². The number of primary amides is 1. The van der Waals surface area contributed by atoms with Gasteiger partial charge in [0.25, 0.3) is 0 Å². The monoisotopic (exact) mass is 206 g/mol. The highest BCUT2D eigenvalue weighted by molar-refractivity contribution is 5.72. The van der Waals surface area contributed by atoms with E-state index in [-0.39, 0.29) is 12.1 Å². The zero-order chi connectivity index (χ0) is 10.7. The van der Waals surface area contributed by atoms with Crippen molar-refractivity contribution in [2.75, 3.05) is 6.54 Å². The fraction of sp³-hybridized carbons (Fsp3) is 0.500. The largest absolute Gasteiger partial charge is 0.351 e. The highest BCUT2D eigenvalue weighted by atomic mass is 16.2. The second kappa shape index (κ2) is 4.25. The maximum Gasteiger partial charge on any atom is 0.315 e. The molecular formula is C10H14N4O. The van der Waals surface area contributed by atoms with Crippen LogP contribution < -0.4 is 5.73 Å². The molecule has 5 heteroatoms. The molecule has 2 heterocycles. The van der Waals surface area contributed by atoms with Gasteiger partial charge in [0.05, 0.1) is 6.04 Å². The standard InChI is InChI=1S/C10H14N4O/c11-10(15)14-7-2-1-4-8(14)9-12-5-3-6-13-9/h3,5-6,8H,1-2,4,7H2,(H2,11,15). The minimum absolute atomic E-state index is 0.0440. The average Bonchev–Trinajstić information content (AvgIpc) is 2.30. The second-order valence-electron chi connectivity index (χ2n) is 3.65. The number of nitrogens with zero attached hydrogens (tertiary/aromatic N) is 3. The predicted octanol–water partition coefficient (Wildman–Crippen LogP) is 1.08. The molecule has 0 radical (unpaired) electrons. The third-order valence-corrected chi connectivity index (χ3v) is 2.67. The maximum atomic E-state index is 11.2. The number of carbonyl (C=O) groups is 1. The number of hydrogen-bond acceptors (Lipinski definition) is 3. The van der Waals surface area contributed by atoms with E-state index in [4.69, 9.17) is 5.73 Å². The van der Waals surface area contributed by atoms with Gasteiger partial charge in [-0.3, -0.25) is 0 Å². The Kier molecular flexibility index (Phi) is 2.80. The lowest BCUT2D eigenvalue weighted by atomic mass is 10.0. The normalized spacial score (nSPS) is 21.3.